The van der Waals surface area contributed by atoms with Crippen molar-refractivity contribution in [1.29, 1.82) is 0 Å². The van der Waals surface area contributed by atoms with Crippen LogP contribution in [0.25, 0.3) is 0 Å². The number of halogens is 7. The molecule has 0 bridgehead atoms. The number of benzene rings is 1. The van der Waals surface area contributed by atoms with E-state index in [0.29, 0.717) is 6.07 Å². The fourth-order valence-corrected chi connectivity index (χ4v) is 1.93. The third-order valence-electron chi connectivity index (χ3n) is 1.65. The first kappa shape index (κ1) is 12.7. The standard InChI is InChI=1S/C8H3BrClF5/c9-2-1-3(11)6(12)7(13)4(2)5(10)8(14)15/h1,5,8H. The topological polar surface area (TPSA) is 0 Å². The summed E-state index contributed by atoms with van der Waals surface area (Å²) in [6, 6.07) is 0.547. The first-order chi connectivity index (χ1) is 6.86. The normalized spacial score (nSPS) is 13.3. The molecule has 0 N–H and O–H groups in total. The van der Waals surface area contributed by atoms with E-state index in [1.807, 2.05) is 0 Å². The van der Waals surface area contributed by atoms with E-state index in [-0.39, 0.29) is 4.47 Å². The Kier molecular flexibility index (Phi) is 3.94. The van der Waals surface area contributed by atoms with Gasteiger partial charge in [-0.2, -0.15) is 0 Å². The van der Waals surface area contributed by atoms with E-state index >= 15 is 0 Å². The van der Waals surface area contributed by atoms with Crippen molar-refractivity contribution < 1.29 is 22.0 Å². The molecule has 1 rings (SSSR count). The van der Waals surface area contributed by atoms with E-state index in [9.17, 15) is 22.0 Å². The fourth-order valence-electron chi connectivity index (χ4n) is 0.959. The van der Waals surface area contributed by atoms with Gasteiger partial charge in [0.2, 0.25) is 0 Å². The summed E-state index contributed by atoms with van der Waals surface area (Å²) in [6.07, 6.45) is -3.08. The monoisotopic (exact) mass is 308 g/mol. The van der Waals surface area contributed by atoms with E-state index in [1.54, 1.807) is 0 Å². The summed E-state index contributed by atoms with van der Waals surface area (Å²) in [4.78, 5) is 0. The van der Waals surface area contributed by atoms with Gasteiger partial charge in [-0.05, 0) is 6.07 Å². The van der Waals surface area contributed by atoms with Crippen LogP contribution in [0.5, 0.6) is 0 Å². The number of rotatable bonds is 2. The molecule has 1 aromatic rings. The predicted octanol–water partition coefficient (Wildman–Crippen LogP) is 4.41. The maximum Gasteiger partial charge on any atom is 0.258 e. The minimum absolute atomic E-state index is 0.334. The summed E-state index contributed by atoms with van der Waals surface area (Å²) < 4.78 is 62.4. The summed E-state index contributed by atoms with van der Waals surface area (Å²) in [6.45, 7) is 0. The molecule has 0 amide bonds. The zero-order chi connectivity index (χ0) is 11.7. The van der Waals surface area contributed by atoms with Gasteiger partial charge in [-0.1, -0.05) is 15.9 Å². The highest BCUT2D eigenvalue weighted by atomic mass is 79.9. The van der Waals surface area contributed by atoms with Crippen LogP contribution in [0, 0.1) is 17.5 Å². The summed E-state index contributed by atoms with van der Waals surface area (Å²) >= 11 is 7.80. The molecule has 0 aromatic heterocycles. The van der Waals surface area contributed by atoms with Gasteiger partial charge in [-0.25, -0.2) is 22.0 Å². The Hall–Kier alpha value is -0.360. The average molecular weight is 309 g/mol. The molecular weight excluding hydrogens is 306 g/mol. The van der Waals surface area contributed by atoms with Crippen LogP contribution in [0.1, 0.15) is 10.9 Å². The van der Waals surface area contributed by atoms with Crippen molar-refractivity contribution >= 4 is 27.5 Å². The molecule has 0 saturated heterocycles. The lowest BCUT2D eigenvalue weighted by Crippen LogP contribution is -2.08. The van der Waals surface area contributed by atoms with Gasteiger partial charge in [0, 0.05) is 10.0 Å². The molecule has 0 fully saturated rings. The molecule has 7 heteroatoms. The minimum Gasteiger partial charge on any atom is -0.208 e. The Bertz CT molecular complexity index is 382. The van der Waals surface area contributed by atoms with E-state index < -0.39 is 34.8 Å². The fraction of sp³-hybridized carbons (Fsp3) is 0.250. The maximum absolute atomic E-state index is 13.1. The second-order valence-corrected chi connectivity index (χ2v) is 3.94. The van der Waals surface area contributed by atoms with Crippen LogP contribution >= 0.6 is 27.5 Å². The molecular formula is C8H3BrClF5. The highest BCUT2D eigenvalue weighted by Gasteiger charge is 2.28. The first-order valence-corrected chi connectivity index (χ1v) is 4.84. The molecule has 0 saturated carbocycles. The van der Waals surface area contributed by atoms with Crippen LogP contribution in [0.4, 0.5) is 22.0 Å². The quantitative estimate of drug-likeness (QED) is 0.328. The number of hydrogen-bond acceptors (Lipinski definition) is 0. The summed E-state index contributed by atoms with van der Waals surface area (Å²) in [5, 5.41) is -2.03. The number of alkyl halides is 3. The van der Waals surface area contributed by atoms with Gasteiger partial charge in [-0.3, -0.25) is 0 Å². The van der Waals surface area contributed by atoms with Crippen molar-refractivity contribution in [3.05, 3.63) is 33.6 Å². The van der Waals surface area contributed by atoms with E-state index in [0.717, 1.165) is 0 Å². The summed E-state index contributed by atoms with van der Waals surface area (Å²) in [7, 11) is 0. The molecule has 0 heterocycles. The second kappa shape index (κ2) is 4.65. The van der Waals surface area contributed by atoms with Gasteiger partial charge in [0.05, 0.1) is 0 Å². The molecule has 0 aliphatic carbocycles. The van der Waals surface area contributed by atoms with Crippen molar-refractivity contribution in [2.24, 2.45) is 0 Å². The van der Waals surface area contributed by atoms with Crippen molar-refractivity contribution in [1.82, 2.24) is 0 Å². The molecule has 0 nitrogen and oxygen atoms in total. The van der Waals surface area contributed by atoms with Gasteiger partial charge in [0.25, 0.3) is 6.43 Å². The molecule has 15 heavy (non-hydrogen) atoms. The van der Waals surface area contributed by atoms with Gasteiger partial charge in [-0.15, -0.1) is 11.6 Å². The maximum atomic E-state index is 13.1. The third kappa shape index (κ3) is 2.42. The van der Waals surface area contributed by atoms with Crippen molar-refractivity contribution in [2.75, 3.05) is 0 Å². The zero-order valence-electron chi connectivity index (χ0n) is 6.88. The smallest absolute Gasteiger partial charge is 0.208 e. The van der Waals surface area contributed by atoms with Crippen molar-refractivity contribution in [3.63, 3.8) is 0 Å². The second-order valence-electron chi connectivity index (χ2n) is 2.62. The van der Waals surface area contributed by atoms with Crippen molar-refractivity contribution in [2.45, 2.75) is 11.8 Å². The lowest BCUT2D eigenvalue weighted by atomic mass is 10.1. The Morgan fingerprint density at radius 2 is 1.67 bits per heavy atom. The molecule has 0 aliphatic rings. The van der Waals surface area contributed by atoms with Gasteiger partial charge in [0.15, 0.2) is 17.5 Å². The van der Waals surface area contributed by atoms with Crippen molar-refractivity contribution in [3.8, 4) is 0 Å². The van der Waals surface area contributed by atoms with Crippen LogP contribution in [0.2, 0.25) is 0 Å². The molecule has 1 atom stereocenters. The summed E-state index contributed by atoms with van der Waals surface area (Å²) in [5.74, 6) is -5.00. The predicted molar refractivity (Wildman–Crippen MR) is 48.6 cm³/mol. The Morgan fingerprint density at radius 1 is 1.13 bits per heavy atom. The highest BCUT2D eigenvalue weighted by Crippen LogP contribution is 2.36. The molecule has 84 valence electrons. The molecule has 0 aliphatic heterocycles. The van der Waals surface area contributed by atoms with E-state index in [1.165, 1.54) is 0 Å². The van der Waals surface area contributed by atoms with Crippen LogP contribution in [-0.2, 0) is 0 Å². The third-order valence-corrected chi connectivity index (χ3v) is 2.71. The zero-order valence-corrected chi connectivity index (χ0v) is 9.22. The van der Waals surface area contributed by atoms with Gasteiger partial charge < -0.3 is 0 Å². The molecule has 1 aromatic carbocycles. The van der Waals surface area contributed by atoms with Crippen LogP contribution in [0.15, 0.2) is 10.5 Å². The Balaban J connectivity index is 3.36. The average Bonchev–Trinajstić information content (AvgIpc) is 2.14. The lowest BCUT2D eigenvalue weighted by molar-refractivity contribution is 0.141. The Labute approximate surface area is 95.2 Å². The van der Waals surface area contributed by atoms with Crippen LogP contribution in [0.3, 0.4) is 0 Å². The van der Waals surface area contributed by atoms with E-state index in [4.69, 9.17) is 11.6 Å². The largest absolute Gasteiger partial charge is 0.258 e. The minimum atomic E-state index is -3.08. The van der Waals surface area contributed by atoms with Crippen LogP contribution in [-0.4, -0.2) is 6.43 Å². The lowest BCUT2D eigenvalue weighted by Gasteiger charge is -2.12. The Morgan fingerprint density at radius 3 is 2.13 bits per heavy atom. The summed E-state index contributed by atoms with van der Waals surface area (Å²) in [5.41, 5.74) is -0.787. The molecule has 0 spiro atoms. The van der Waals surface area contributed by atoms with Gasteiger partial charge in [0.1, 0.15) is 5.38 Å². The highest BCUT2D eigenvalue weighted by molar-refractivity contribution is 9.10. The number of hydrogen-bond donors (Lipinski definition) is 0. The first-order valence-electron chi connectivity index (χ1n) is 3.61. The molecule has 0 radical (unpaired) electrons. The van der Waals surface area contributed by atoms with E-state index in [2.05, 4.69) is 15.9 Å². The molecule has 1 unspecified atom stereocenters. The SMILES string of the molecule is Fc1cc(Br)c(C(Cl)C(F)F)c(F)c1F. The van der Waals surface area contributed by atoms with Crippen LogP contribution < -0.4 is 0 Å². The van der Waals surface area contributed by atoms with Gasteiger partial charge >= 0.3 is 0 Å².